The number of guanidine groups is 1. The average Bonchev–Trinajstić information content (AvgIpc) is 3.04. The maximum Gasteiger partial charge on any atom is 0.255 e. The van der Waals surface area contributed by atoms with E-state index in [-0.39, 0.29) is 11.8 Å². The largest absolute Gasteiger partial charge is 0.342 e. The highest BCUT2D eigenvalue weighted by molar-refractivity contribution is 6.07. The Morgan fingerprint density at radius 1 is 0.941 bits per heavy atom. The summed E-state index contributed by atoms with van der Waals surface area (Å²) in [6.07, 6.45) is 19.1. The van der Waals surface area contributed by atoms with Crippen LogP contribution >= 0.6 is 0 Å². The van der Waals surface area contributed by atoms with Crippen molar-refractivity contribution in [1.29, 1.82) is 5.41 Å². The molecule has 4 rings (SSSR count). The highest BCUT2D eigenvalue weighted by atomic mass is 16.2. The van der Waals surface area contributed by atoms with Crippen LogP contribution in [0.2, 0.25) is 0 Å². The Kier molecular flexibility index (Phi) is 8.92. The molecule has 6 nitrogen and oxygen atoms in total. The monoisotopic (exact) mass is 472 g/mol. The summed E-state index contributed by atoms with van der Waals surface area (Å²) in [7, 11) is 0. The van der Waals surface area contributed by atoms with Gasteiger partial charge in [0.2, 0.25) is 5.91 Å². The zero-order valence-corrected chi connectivity index (χ0v) is 21.6. The third-order valence-corrected chi connectivity index (χ3v) is 9.17. The predicted molar refractivity (Wildman–Crippen MR) is 137 cm³/mol. The number of carbonyl (C=O) groups excluding carboxylic acids is 2. The summed E-state index contributed by atoms with van der Waals surface area (Å²) in [5.41, 5.74) is -0.564. The number of rotatable bonds is 8. The summed E-state index contributed by atoms with van der Waals surface area (Å²) < 4.78 is 0. The van der Waals surface area contributed by atoms with Gasteiger partial charge < -0.3 is 10.2 Å². The molecule has 2 aliphatic carbocycles. The Morgan fingerprint density at radius 3 is 2.21 bits per heavy atom. The Labute approximate surface area is 207 Å². The lowest BCUT2D eigenvalue weighted by atomic mass is 9.77. The molecule has 0 spiro atoms. The van der Waals surface area contributed by atoms with E-state index in [1.807, 2.05) is 0 Å². The Balaban J connectivity index is 1.33. The first-order valence-electron chi connectivity index (χ1n) is 14.5. The minimum atomic E-state index is -0.564. The topological polar surface area (TPSA) is 76.5 Å². The van der Waals surface area contributed by atoms with Crippen molar-refractivity contribution in [2.45, 2.75) is 122 Å². The first-order chi connectivity index (χ1) is 16.5. The second kappa shape index (κ2) is 11.9. The van der Waals surface area contributed by atoms with Gasteiger partial charge in [-0.2, -0.15) is 0 Å². The van der Waals surface area contributed by atoms with Gasteiger partial charge in [-0.15, -0.1) is 0 Å². The number of carbonyl (C=O) groups is 2. The lowest BCUT2D eigenvalue weighted by Gasteiger charge is -2.36. The molecular weight excluding hydrogens is 424 g/mol. The number of nitrogens with one attached hydrogen (secondary N) is 2. The van der Waals surface area contributed by atoms with Crippen molar-refractivity contribution in [1.82, 2.24) is 15.1 Å². The van der Waals surface area contributed by atoms with Crippen LogP contribution in [0.4, 0.5) is 0 Å². The number of amides is 2. The van der Waals surface area contributed by atoms with Gasteiger partial charge in [-0.3, -0.25) is 19.9 Å². The molecule has 2 aliphatic heterocycles. The Bertz CT molecular complexity index is 703. The first kappa shape index (κ1) is 25.5. The maximum atomic E-state index is 13.8. The van der Waals surface area contributed by atoms with Gasteiger partial charge in [0.25, 0.3) is 5.91 Å². The molecule has 6 heteroatoms. The Hall–Kier alpha value is -1.59. The first-order valence-corrected chi connectivity index (χ1v) is 14.5. The molecule has 2 saturated heterocycles. The third-order valence-electron chi connectivity index (χ3n) is 9.17. The van der Waals surface area contributed by atoms with E-state index in [0.29, 0.717) is 30.2 Å². The van der Waals surface area contributed by atoms with E-state index in [0.717, 1.165) is 64.5 Å². The van der Waals surface area contributed by atoms with Crippen LogP contribution in [0.3, 0.4) is 0 Å². The highest BCUT2D eigenvalue weighted by Gasteiger charge is 2.50. The van der Waals surface area contributed by atoms with Crippen molar-refractivity contribution >= 4 is 17.8 Å². The standard InChI is InChI=1S/C28H48N4O2/c1-2-3-17-28(20-22-11-7-6-8-12-22)26(34)32(27(29)30-28)21-23-15-18-31(19-16-23)25(33)24-13-9-4-5-10-14-24/h22-24H,2-21H2,1H3,(H2,29,30). The fourth-order valence-corrected chi connectivity index (χ4v) is 7.03. The molecular formula is C28H48N4O2. The molecule has 0 radical (unpaired) electrons. The molecule has 0 aromatic rings. The zero-order chi connectivity index (χ0) is 24.0. The van der Waals surface area contributed by atoms with E-state index in [1.165, 1.54) is 57.8 Å². The highest BCUT2D eigenvalue weighted by Crippen LogP contribution is 2.37. The summed E-state index contributed by atoms with van der Waals surface area (Å²) in [5.74, 6) is 2.05. The second-order valence-corrected chi connectivity index (χ2v) is 11.7. The van der Waals surface area contributed by atoms with Gasteiger partial charge in [0.1, 0.15) is 5.54 Å². The van der Waals surface area contributed by atoms with Gasteiger partial charge >= 0.3 is 0 Å². The van der Waals surface area contributed by atoms with E-state index in [1.54, 1.807) is 4.90 Å². The van der Waals surface area contributed by atoms with E-state index in [2.05, 4.69) is 17.1 Å². The number of unbranched alkanes of at least 4 members (excludes halogenated alkanes) is 1. The van der Waals surface area contributed by atoms with Crippen molar-refractivity contribution < 1.29 is 9.59 Å². The second-order valence-electron chi connectivity index (χ2n) is 11.7. The molecule has 2 heterocycles. The van der Waals surface area contributed by atoms with E-state index in [9.17, 15) is 9.59 Å². The SMILES string of the molecule is CCCCC1(CC2CCCCC2)NC(=N)N(CC2CCN(C(=O)C3CCCCCC3)CC2)C1=O. The van der Waals surface area contributed by atoms with Crippen molar-refractivity contribution in [2.24, 2.45) is 17.8 Å². The van der Waals surface area contributed by atoms with Crippen molar-refractivity contribution in [3.8, 4) is 0 Å². The van der Waals surface area contributed by atoms with Crippen LogP contribution in [0.5, 0.6) is 0 Å². The fraction of sp³-hybridized carbons (Fsp3) is 0.893. The van der Waals surface area contributed by atoms with Crippen LogP contribution in [0, 0.1) is 23.2 Å². The molecule has 2 amide bonds. The number of nitrogens with zero attached hydrogens (tertiary/aromatic N) is 2. The Morgan fingerprint density at radius 2 is 1.56 bits per heavy atom. The van der Waals surface area contributed by atoms with E-state index >= 15 is 0 Å². The molecule has 2 N–H and O–H groups in total. The molecule has 2 saturated carbocycles. The average molecular weight is 473 g/mol. The van der Waals surface area contributed by atoms with Gasteiger partial charge in [-0.25, -0.2) is 0 Å². The summed E-state index contributed by atoms with van der Waals surface area (Å²) in [4.78, 5) is 30.7. The third kappa shape index (κ3) is 5.96. The van der Waals surface area contributed by atoms with Crippen molar-refractivity contribution in [2.75, 3.05) is 19.6 Å². The summed E-state index contributed by atoms with van der Waals surface area (Å²) in [5, 5.41) is 12.1. The minimum Gasteiger partial charge on any atom is -0.342 e. The van der Waals surface area contributed by atoms with Crippen molar-refractivity contribution in [3.05, 3.63) is 0 Å². The molecule has 192 valence electrons. The molecule has 34 heavy (non-hydrogen) atoms. The maximum absolute atomic E-state index is 13.8. The van der Waals surface area contributed by atoms with Crippen LogP contribution in [0.25, 0.3) is 0 Å². The number of hydrogen-bond donors (Lipinski definition) is 2. The summed E-state index contributed by atoms with van der Waals surface area (Å²) in [6.45, 7) is 4.44. The molecule has 1 unspecified atom stereocenters. The predicted octanol–water partition coefficient (Wildman–Crippen LogP) is 5.46. The number of piperidine rings is 1. The quantitative estimate of drug-likeness (QED) is 0.461. The zero-order valence-electron chi connectivity index (χ0n) is 21.6. The smallest absolute Gasteiger partial charge is 0.255 e. The summed E-state index contributed by atoms with van der Waals surface area (Å²) in [6, 6.07) is 0. The van der Waals surface area contributed by atoms with E-state index < -0.39 is 5.54 Å². The van der Waals surface area contributed by atoms with Crippen LogP contribution in [0.1, 0.15) is 116 Å². The number of likely N-dealkylation sites (tertiary alicyclic amines) is 1. The van der Waals surface area contributed by atoms with E-state index in [4.69, 9.17) is 5.41 Å². The van der Waals surface area contributed by atoms with Gasteiger partial charge in [-0.05, 0) is 50.4 Å². The molecule has 4 aliphatic rings. The van der Waals surface area contributed by atoms with Gasteiger partial charge in [0, 0.05) is 25.6 Å². The molecule has 1 atom stereocenters. The molecule has 0 aromatic carbocycles. The normalized spacial score (nSPS) is 28.3. The number of hydrogen-bond acceptors (Lipinski definition) is 3. The molecule has 0 aromatic heterocycles. The van der Waals surface area contributed by atoms with Gasteiger partial charge in [-0.1, -0.05) is 77.6 Å². The van der Waals surface area contributed by atoms with Crippen LogP contribution < -0.4 is 5.32 Å². The van der Waals surface area contributed by atoms with Gasteiger partial charge in [0.15, 0.2) is 5.96 Å². The molecule has 0 bridgehead atoms. The lowest BCUT2D eigenvalue weighted by molar-refractivity contribution is -0.138. The van der Waals surface area contributed by atoms with Crippen LogP contribution in [0.15, 0.2) is 0 Å². The van der Waals surface area contributed by atoms with Gasteiger partial charge in [0.05, 0.1) is 0 Å². The van der Waals surface area contributed by atoms with Crippen molar-refractivity contribution in [3.63, 3.8) is 0 Å². The lowest BCUT2D eigenvalue weighted by Crippen LogP contribution is -2.49. The fourth-order valence-electron chi connectivity index (χ4n) is 7.03. The minimum absolute atomic E-state index is 0.147. The van der Waals surface area contributed by atoms with Crippen LogP contribution in [-0.2, 0) is 9.59 Å². The molecule has 4 fully saturated rings. The summed E-state index contributed by atoms with van der Waals surface area (Å²) >= 11 is 0. The van der Waals surface area contributed by atoms with Crippen LogP contribution in [-0.4, -0.2) is 52.7 Å².